The summed E-state index contributed by atoms with van der Waals surface area (Å²) in [6, 6.07) is 1.27. The van der Waals surface area contributed by atoms with Crippen LogP contribution in [0.15, 0.2) is 6.07 Å². The lowest BCUT2D eigenvalue weighted by Gasteiger charge is -2.03. The summed E-state index contributed by atoms with van der Waals surface area (Å²) < 4.78 is 13.1. The zero-order chi connectivity index (χ0) is 10.3. The normalized spacial score (nSPS) is 15.6. The van der Waals surface area contributed by atoms with E-state index >= 15 is 0 Å². The minimum absolute atomic E-state index is 0.256. The molecule has 0 bridgehead atoms. The lowest BCUT2D eigenvalue weighted by Crippen LogP contribution is -2.04. The number of aromatic carboxylic acids is 1. The number of aromatic nitrogens is 1. The van der Waals surface area contributed by atoms with E-state index < -0.39 is 17.3 Å². The Bertz CT molecular complexity index is 404. The molecule has 74 valence electrons. The number of carboxylic acid groups (broad SMARTS) is 1. The maximum absolute atomic E-state index is 13.1. The van der Waals surface area contributed by atoms with Crippen molar-refractivity contribution in [2.24, 2.45) is 0 Å². The van der Waals surface area contributed by atoms with Gasteiger partial charge in [-0.1, -0.05) is 11.6 Å². The Balaban J connectivity index is 2.51. The summed E-state index contributed by atoms with van der Waals surface area (Å²) >= 11 is 5.49. The fourth-order valence-corrected chi connectivity index (χ4v) is 1.46. The highest BCUT2D eigenvalue weighted by Gasteiger charge is 2.28. The molecule has 5 heteroatoms. The molecule has 0 aromatic carbocycles. The summed E-state index contributed by atoms with van der Waals surface area (Å²) in [6.07, 6.45) is 1.93. The molecule has 1 aromatic heterocycles. The Labute approximate surface area is 84.5 Å². The lowest BCUT2D eigenvalue weighted by molar-refractivity contribution is 0.0691. The van der Waals surface area contributed by atoms with Gasteiger partial charge in [-0.2, -0.15) is 0 Å². The highest BCUT2D eigenvalue weighted by Crippen LogP contribution is 2.40. The van der Waals surface area contributed by atoms with E-state index in [-0.39, 0.29) is 11.1 Å². The predicted molar refractivity (Wildman–Crippen MR) is 48.1 cm³/mol. The summed E-state index contributed by atoms with van der Waals surface area (Å²) in [5.41, 5.74) is 0.181. The topological polar surface area (TPSA) is 50.2 Å². The molecular formula is C9H7ClFNO2. The summed E-state index contributed by atoms with van der Waals surface area (Å²) in [6.45, 7) is 0. The molecule has 0 unspecified atom stereocenters. The van der Waals surface area contributed by atoms with E-state index in [0.29, 0.717) is 5.69 Å². The van der Waals surface area contributed by atoms with E-state index in [1.807, 2.05) is 0 Å². The molecule has 0 radical (unpaired) electrons. The Kier molecular flexibility index (Phi) is 2.15. The SMILES string of the molecule is O=C(O)c1cc(C2CC2)nc(Cl)c1F. The quantitative estimate of drug-likeness (QED) is 0.771. The predicted octanol–water partition coefficient (Wildman–Crippen LogP) is 2.45. The van der Waals surface area contributed by atoms with Crippen molar-refractivity contribution >= 4 is 17.6 Å². The van der Waals surface area contributed by atoms with Crippen molar-refractivity contribution in [1.82, 2.24) is 4.98 Å². The van der Waals surface area contributed by atoms with Gasteiger partial charge in [0.25, 0.3) is 0 Å². The third-order valence-electron chi connectivity index (χ3n) is 2.16. The van der Waals surface area contributed by atoms with Gasteiger partial charge in [-0.05, 0) is 18.9 Å². The number of hydrogen-bond donors (Lipinski definition) is 1. The van der Waals surface area contributed by atoms with Crippen LogP contribution in [-0.2, 0) is 0 Å². The molecule has 1 N–H and O–H groups in total. The Hall–Kier alpha value is -1.16. The standard InChI is InChI=1S/C9H7ClFNO2/c10-8-7(11)5(9(13)14)3-6(12-8)4-1-2-4/h3-4H,1-2H2,(H,13,14). The van der Waals surface area contributed by atoms with Crippen LogP contribution in [-0.4, -0.2) is 16.1 Å². The fourth-order valence-electron chi connectivity index (χ4n) is 1.26. The van der Waals surface area contributed by atoms with Gasteiger partial charge < -0.3 is 5.11 Å². The summed E-state index contributed by atoms with van der Waals surface area (Å²) in [5, 5.41) is 8.34. The van der Waals surface area contributed by atoms with Crippen molar-refractivity contribution in [3.63, 3.8) is 0 Å². The first-order valence-corrected chi connectivity index (χ1v) is 4.56. The number of rotatable bonds is 2. The van der Waals surface area contributed by atoms with Crippen molar-refractivity contribution in [2.75, 3.05) is 0 Å². The van der Waals surface area contributed by atoms with E-state index in [2.05, 4.69) is 4.98 Å². The summed E-state index contributed by atoms with van der Waals surface area (Å²) in [5.74, 6) is -2.01. The van der Waals surface area contributed by atoms with Gasteiger partial charge in [0.2, 0.25) is 0 Å². The van der Waals surface area contributed by atoms with Gasteiger partial charge in [0, 0.05) is 11.6 Å². The van der Waals surface area contributed by atoms with E-state index in [1.54, 1.807) is 0 Å². The molecule has 1 aliphatic rings. The van der Waals surface area contributed by atoms with Gasteiger partial charge in [-0.15, -0.1) is 0 Å². The number of carboxylic acids is 1. The molecule has 3 nitrogen and oxygen atoms in total. The largest absolute Gasteiger partial charge is 0.478 e. The number of carbonyl (C=O) groups is 1. The van der Waals surface area contributed by atoms with Crippen LogP contribution in [0, 0.1) is 5.82 Å². The Morgan fingerprint density at radius 1 is 1.64 bits per heavy atom. The first-order valence-electron chi connectivity index (χ1n) is 4.19. The number of hydrogen-bond acceptors (Lipinski definition) is 2. The van der Waals surface area contributed by atoms with Crippen molar-refractivity contribution in [3.05, 3.63) is 28.3 Å². The first kappa shape index (κ1) is 9.40. The van der Waals surface area contributed by atoms with Crippen molar-refractivity contribution in [1.29, 1.82) is 0 Å². The molecule has 0 atom stereocenters. The molecule has 14 heavy (non-hydrogen) atoms. The monoisotopic (exact) mass is 215 g/mol. The molecule has 0 saturated heterocycles. The minimum atomic E-state index is -1.31. The Morgan fingerprint density at radius 2 is 2.29 bits per heavy atom. The van der Waals surface area contributed by atoms with Crippen molar-refractivity contribution in [2.45, 2.75) is 18.8 Å². The smallest absolute Gasteiger partial charge is 0.338 e. The zero-order valence-electron chi connectivity index (χ0n) is 7.13. The summed E-state index contributed by atoms with van der Waals surface area (Å²) in [4.78, 5) is 14.4. The van der Waals surface area contributed by atoms with Crippen LogP contribution in [0.2, 0.25) is 5.15 Å². The molecule has 1 aliphatic carbocycles. The molecular weight excluding hydrogens is 209 g/mol. The van der Waals surface area contributed by atoms with Gasteiger partial charge in [0.1, 0.15) is 5.56 Å². The van der Waals surface area contributed by atoms with Crippen LogP contribution in [0.1, 0.15) is 34.8 Å². The maximum Gasteiger partial charge on any atom is 0.338 e. The average Bonchev–Trinajstić information content (AvgIpc) is 2.91. The van der Waals surface area contributed by atoms with E-state index in [0.717, 1.165) is 12.8 Å². The molecule has 1 aromatic rings. The van der Waals surface area contributed by atoms with E-state index in [4.69, 9.17) is 16.7 Å². The summed E-state index contributed by atoms with van der Waals surface area (Å²) in [7, 11) is 0. The van der Waals surface area contributed by atoms with E-state index in [9.17, 15) is 9.18 Å². The van der Waals surface area contributed by atoms with Crippen molar-refractivity contribution < 1.29 is 14.3 Å². The van der Waals surface area contributed by atoms with Crippen LogP contribution in [0.25, 0.3) is 0 Å². The van der Waals surface area contributed by atoms with Crippen molar-refractivity contribution in [3.8, 4) is 0 Å². The molecule has 1 saturated carbocycles. The molecule has 2 rings (SSSR count). The zero-order valence-corrected chi connectivity index (χ0v) is 7.88. The van der Waals surface area contributed by atoms with Crippen LogP contribution >= 0.6 is 11.6 Å². The van der Waals surface area contributed by atoms with Crippen LogP contribution in [0.4, 0.5) is 4.39 Å². The van der Waals surface area contributed by atoms with Gasteiger partial charge in [-0.25, -0.2) is 14.2 Å². The third-order valence-corrected chi connectivity index (χ3v) is 2.41. The minimum Gasteiger partial charge on any atom is -0.478 e. The number of nitrogens with zero attached hydrogens (tertiary/aromatic N) is 1. The van der Waals surface area contributed by atoms with Gasteiger partial charge >= 0.3 is 5.97 Å². The molecule has 0 amide bonds. The van der Waals surface area contributed by atoms with Gasteiger partial charge in [0.15, 0.2) is 11.0 Å². The highest BCUT2D eigenvalue weighted by atomic mass is 35.5. The average molecular weight is 216 g/mol. The van der Waals surface area contributed by atoms with Crippen LogP contribution < -0.4 is 0 Å². The molecule has 1 heterocycles. The Morgan fingerprint density at radius 3 is 2.79 bits per heavy atom. The van der Waals surface area contributed by atoms with E-state index in [1.165, 1.54) is 6.07 Å². The molecule has 0 aliphatic heterocycles. The van der Waals surface area contributed by atoms with Gasteiger partial charge in [-0.3, -0.25) is 0 Å². The van der Waals surface area contributed by atoms with Gasteiger partial charge in [0.05, 0.1) is 0 Å². The van der Waals surface area contributed by atoms with Crippen LogP contribution in [0.5, 0.6) is 0 Å². The maximum atomic E-state index is 13.1. The molecule has 0 spiro atoms. The van der Waals surface area contributed by atoms with Crippen LogP contribution in [0.3, 0.4) is 0 Å². The second kappa shape index (κ2) is 3.20. The number of halogens is 2. The first-order chi connectivity index (χ1) is 6.59. The highest BCUT2D eigenvalue weighted by molar-refractivity contribution is 6.29. The molecule has 1 fully saturated rings. The third kappa shape index (κ3) is 1.57. The second-order valence-corrected chi connectivity index (χ2v) is 3.64. The lowest BCUT2D eigenvalue weighted by atomic mass is 10.2. The number of pyridine rings is 1. The fraction of sp³-hybridized carbons (Fsp3) is 0.333. The second-order valence-electron chi connectivity index (χ2n) is 3.28.